The van der Waals surface area contributed by atoms with Crippen LogP contribution in [0.4, 0.5) is 0 Å². The van der Waals surface area contributed by atoms with Crippen molar-refractivity contribution in [2.45, 2.75) is 117 Å². The molecule has 0 aromatic rings. The van der Waals surface area contributed by atoms with Crippen LogP contribution in [0.5, 0.6) is 0 Å². The van der Waals surface area contributed by atoms with Gasteiger partial charge in [0.1, 0.15) is 5.78 Å². The molecule has 0 aliphatic heterocycles. The van der Waals surface area contributed by atoms with Gasteiger partial charge in [0, 0.05) is 18.4 Å². The van der Waals surface area contributed by atoms with Crippen molar-refractivity contribution >= 4 is 22.4 Å². The zero-order valence-electron chi connectivity index (χ0n) is 20.8. The molecule has 172 valence electrons. The number of hydrogen-bond acceptors (Lipinski definition) is 3. The summed E-state index contributed by atoms with van der Waals surface area (Å²) in [5, 5.41) is 0. The van der Waals surface area contributed by atoms with Gasteiger partial charge in [0.15, 0.2) is 16.6 Å². The normalized spacial score (nSPS) is 46.9. The zero-order chi connectivity index (χ0) is 22.1. The van der Waals surface area contributed by atoms with E-state index >= 15 is 0 Å². The van der Waals surface area contributed by atoms with Gasteiger partial charge in [-0.25, -0.2) is 0 Å². The number of rotatable bonds is 4. The van der Waals surface area contributed by atoms with Gasteiger partial charge in [-0.05, 0) is 113 Å². The third-order valence-electron chi connectivity index (χ3n) is 9.34. The summed E-state index contributed by atoms with van der Waals surface area (Å²) in [6.07, 6.45) is 9.91. The van der Waals surface area contributed by atoms with Crippen LogP contribution in [0.2, 0.25) is 39.3 Å². The quantitative estimate of drug-likeness (QED) is 0.450. The smallest absolute Gasteiger partial charge is 0.184 e. The molecule has 0 aromatic heterocycles. The molecule has 4 saturated carbocycles. The van der Waals surface area contributed by atoms with E-state index in [-0.39, 0.29) is 16.7 Å². The highest BCUT2D eigenvalue weighted by Gasteiger charge is 2.62. The van der Waals surface area contributed by atoms with E-state index in [4.69, 9.17) is 8.85 Å². The van der Waals surface area contributed by atoms with Gasteiger partial charge >= 0.3 is 0 Å². The van der Waals surface area contributed by atoms with Crippen LogP contribution in [-0.4, -0.2) is 34.6 Å². The molecule has 0 bridgehead atoms. The Labute approximate surface area is 187 Å². The van der Waals surface area contributed by atoms with Gasteiger partial charge in [0.2, 0.25) is 0 Å². The second kappa shape index (κ2) is 7.53. The Balaban J connectivity index is 1.54. The van der Waals surface area contributed by atoms with Crippen LogP contribution in [0.15, 0.2) is 0 Å². The molecule has 0 aromatic carbocycles. The molecule has 4 fully saturated rings. The highest BCUT2D eigenvalue weighted by atomic mass is 28.4. The molecule has 0 radical (unpaired) electrons. The number of fused-ring (bicyclic) bond motifs is 5. The van der Waals surface area contributed by atoms with E-state index in [0.29, 0.717) is 29.8 Å². The second-order valence-electron chi connectivity index (χ2n) is 13.6. The molecule has 0 spiro atoms. The van der Waals surface area contributed by atoms with E-state index in [1.165, 1.54) is 32.1 Å². The van der Waals surface area contributed by atoms with E-state index in [1.54, 1.807) is 0 Å². The summed E-state index contributed by atoms with van der Waals surface area (Å²) in [4.78, 5) is 13.5. The first-order valence-corrected chi connectivity index (χ1v) is 19.4. The number of carbonyl (C=O) groups excluding carboxylic acids is 1. The fraction of sp³-hybridized carbons (Fsp3) is 0.960. The Morgan fingerprint density at radius 1 is 0.800 bits per heavy atom. The highest BCUT2D eigenvalue weighted by molar-refractivity contribution is 6.70. The monoisotopic (exact) mass is 450 g/mol. The Morgan fingerprint density at radius 3 is 2.03 bits per heavy atom. The Kier molecular flexibility index (Phi) is 5.82. The highest BCUT2D eigenvalue weighted by Crippen LogP contribution is 2.66. The van der Waals surface area contributed by atoms with Crippen LogP contribution < -0.4 is 0 Å². The SMILES string of the molecule is C[C@]12CCC3C(CC(=O)[C@H]4C[C@@H](O[Si](C)(C)C)CC[C@]34C)C1CC[C@@H]2O[Si](C)(C)C. The van der Waals surface area contributed by atoms with Crippen LogP contribution >= 0.6 is 0 Å². The Bertz CT molecular complexity index is 681. The van der Waals surface area contributed by atoms with Gasteiger partial charge in [-0.2, -0.15) is 0 Å². The molecule has 4 rings (SSSR count). The van der Waals surface area contributed by atoms with Crippen LogP contribution in [0.25, 0.3) is 0 Å². The van der Waals surface area contributed by atoms with Crippen molar-refractivity contribution in [1.29, 1.82) is 0 Å². The minimum Gasteiger partial charge on any atom is -0.415 e. The molecule has 30 heavy (non-hydrogen) atoms. The van der Waals surface area contributed by atoms with Crippen LogP contribution in [0.3, 0.4) is 0 Å². The summed E-state index contributed by atoms with van der Waals surface area (Å²) in [6.45, 7) is 18.8. The lowest BCUT2D eigenvalue weighted by Gasteiger charge is -2.60. The lowest BCUT2D eigenvalue weighted by atomic mass is 9.45. The lowest BCUT2D eigenvalue weighted by molar-refractivity contribution is -0.160. The predicted molar refractivity (Wildman–Crippen MR) is 129 cm³/mol. The molecule has 3 unspecified atom stereocenters. The minimum absolute atomic E-state index is 0.193. The molecule has 5 heteroatoms. The number of hydrogen-bond donors (Lipinski definition) is 0. The largest absolute Gasteiger partial charge is 0.415 e. The van der Waals surface area contributed by atoms with E-state index in [2.05, 4.69) is 53.1 Å². The lowest BCUT2D eigenvalue weighted by Crippen LogP contribution is -2.58. The average Bonchev–Trinajstić information content (AvgIpc) is 2.90. The van der Waals surface area contributed by atoms with Gasteiger partial charge < -0.3 is 8.85 Å². The Hall–Kier alpha value is 0.0238. The molecule has 3 nitrogen and oxygen atoms in total. The molecular weight excluding hydrogens is 404 g/mol. The molecule has 4 aliphatic carbocycles. The first kappa shape index (κ1) is 23.2. The molecular formula is C25H46O3Si2. The maximum Gasteiger partial charge on any atom is 0.184 e. The first-order valence-electron chi connectivity index (χ1n) is 12.6. The van der Waals surface area contributed by atoms with Crippen LogP contribution in [-0.2, 0) is 13.6 Å². The molecule has 0 saturated heterocycles. The number of carbonyl (C=O) groups is 1. The molecule has 0 heterocycles. The molecule has 0 N–H and O–H groups in total. The van der Waals surface area contributed by atoms with Crippen molar-refractivity contribution < 1.29 is 13.6 Å². The summed E-state index contributed by atoms with van der Waals surface area (Å²) >= 11 is 0. The average molecular weight is 451 g/mol. The fourth-order valence-corrected chi connectivity index (χ4v) is 10.6. The van der Waals surface area contributed by atoms with E-state index in [0.717, 1.165) is 25.2 Å². The second-order valence-corrected chi connectivity index (χ2v) is 22.5. The van der Waals surface area contributed by atoms with Gasteiger partial charge in [-0.3, -0.25) is 4.79 Å². The van der Waals surface area contributed by atoms with Gasteiger partial charge in [0.05, 0.1) is 6.10 Å². The van der Waals surface area contributed by atoms with Crippen LogP contribution in [0, 0.1) is 34.5 Å². The summed E-state index contributed by atoms with van der Waals surface area (Å²) in [5.74, 6) is 2.77. The molecule has 4 aliphatic rings. The third kappa shape index (κ3) is 4.06. The van der Waals surface area contributed by atoms with E-state index in [1.807, 2.05) is 0 Å². The van der Waals surface area contributed by atoms with Crippen LogP contribution in [0.1, 0.15) is 65.2 Å². The Morgan fingerprint density at radius 2 is 1.40 bits per heavy atom. The van der Waals surface area contributed by atoms with Gasteiger partial charge in [0.25, 0.3) is 0 Å². The van der Waals surface area contributed by atoms with Crippen molar-refractivity contribution in [2.24, 2.45) is 34.5 Å². The molecule has 8 atom stereocenters. The summed E-state index contributed by atoms with van der Waals surface area (Å²) in [7, 11) is -3.11. The summed E-state index contributed by atoms with van der Waals surface area (Å²) in [5.41, 5.74) is 0.474. The van der Waals surface area contributed by atoms with Crippen molar-refractivity contribution in [3.05, 3.63) is 0 Å². The maximum absolute atomic E-state index is 13.5. The van der Waals surface area contributed by atoms with Gasteiger partial charge in [-0.1, -0.05) is 13.8 Å². The fourth-order valence-electron chi connectivity index (χ4n) is 8.18. The number of ketones is 1. The minimum atomic E-state index is -1.56. The standard InChI is InChI=1S/C25H46O3Si2/c1-24-13-11-17(27-29(3,4)5)15-21(24)22(26)16-18-19-9-10-23(28-30(6,7)8)25(19,2)14-12-20(18)24/h17-21,23H,9-16H2,1-8H3/t17-,18?,19?,20?,21+,23-,24+,25-/m0/s1. The van der Waals surface area contributed by atoms with Crippen molar-refractivity contribution in [3.63, 3.8) is 0 Å². The maximum atomic E-state index is 13.5. The summed E-state index contributed by atoms with van der Waals surface area (Å²) < 4.78 is 13.2. The number of Topliss-reactive ketones (excluding diaryl/α,β-unsaturated/α-hetero) is 1. The van der Waals surface area contributed by atoms with Crippen molar-refractivity contribution in [1.82, 2.24) is 0 Å². The van der Waals surface area contributed by atoms with Gasteiger partial charge in [-0.15, -0.1) is 0 Å². The zero-order valence-corrected chi connectivity index (χ0v) is 22.8. The third-order valence-corrected chi connectivity index (χ3v) is 11.4. The summed E-state index contributed by atoms with van der Waals surface area (Å²) in [6, 6.07) is 0. The topological polar surface area (TPSA) is 35.5 Å². The predicted octanol–water partition coefficient (Wildman–Crippen LogP) is 6.65. The van der Waals surface area contributed by atoms with E-state index in [9.17, 15) is 4.79 Å². The first-order chi connectivity index (χ1) is 13.7. The van der Waals surface area contributed by atoms with E-state index < -0.39 is 16.6 Å². The molecule has 0 amide bonds. The van der Waals surface area contributed by atoms with Crippen molar-refractivity contribution in [3.8, 4) is 0 Å². The van der Waals surface area contributed by atoms with Crippen molar-refractivity contribution in [2.75, 3.05) is 0 Å².